The second-order valence-electron chi connectivity index (χ2n) is 4.24. The second kappa shape index (κ2) is 5.00. The van der Waals surface area contributed by atoms with Gasteiger partial charge in [-0.15, -0.1) is 0 Å². The molecule has 0 aliphatic heterocycles. The molecule has 0 heterocycles. The molecule has 0 amide bonds. The molecular formula is C12H19NO3S. The van der Waals surface area contributed by atoms with Gasteiger partial charge in [0.05, 0.1) is 4.75 Å². The molecule has 1 aromatic rings. The van der Waals surface area contributed by atoms with Crippen molar-refractivity contribution in [3.63, 3.8) is 0 Å². The number of aryl methyl sites for hydroxylation is 1. The topological polar surface area (TPSA) is 93.7 Å². The van der Waals surface area contributed by atoms with Gasteiger partial charge in [0.15, 0.2) is 0 Å². The standard InChI is InChI=1S/C12H16O3S.H3N/c1-5-10-6-7-11(9(2)8-10)12(3,4)16(13,14)15;/h5-8H,1H2,2-4H3,(H,13,14,15);1H3. The summed E-state index contributed by atoms with van der Waals surface area (Å²) >= 11 is 0. The Labute approximate surface area is 103 Å². The molecule has 0 aliphatic rings. The minimum atomic E-state index is -4.37. The molecule has 1 aromatic carbocycles. The Hall–Kier alpha value is -1.17. The smallest absolute Gasteiger partial charge is 0.104 e. The highest BCUT2D eigenvalue weighted by molar-refractivity contribution is 7.86. The van der Waals surface area contributed by atoms with Crippen molar-refractivity contribution in [3.8, 4) is 0 Å². The molecule has 0 radical (unpaired) electrons. The fraction of sp³-hybridized carbons (Fsp3) is 0.333. The molecule has 17 heavy (non-hydrogen) atoms. The van der Waals surface area contributed by atoms with Crippen molar-refractivity contribution in [1.29, 1.82) is 0 Å². The van der Waals surface area contributed by atoms with Crippen molar-refractivity contribution in [3.05, 3.63) is 41.5 Å². The van der Waals surface area contributed by atoms with Crippen LogP contribution in [0.15, 0.2) is 24.8 Å². The lowest BCUT2D eigenvalue weighted by Crippen LogP contribution is -2.29. The van der Waals surface area contributed by atoms with E-state index < -0.39 is 14.9 Å². The van der Waals surface area contributed by atoms with E-state index in [9.17, 15) is 13.0 Å². The third-order valence-electron chi connectivity index (χ3n) is 2.76. The first-order valence-electron chi connectivity index (χ1n) is 4.89. The van der Waals surface area contributed by atoms with Gasteiger partial charge in [0, 0.05) is 0 Å². The van der Waals surface area contributed by atoms with Crippen LogP contribution in [0, 0.1) is 6.92 Å². The van der Waals surface area contributed by atoms with Crippen molar-refractivity contribution >= 4 is 16.2 Å². The third kappa shape index (κ3) is 2.94. The van der Waals surface area contributed by atoms with Gasteiger partial charge in [-0.25, -0.2) is 8.42 Å². The maximum Gasteiger partial charge on any atom is 0.104 e. The van der Waals surface area contributed by atoms with Crippen LogP contribution in [0.3, 0.4) is 0 Å². The molecule has 0 saturated heterocycles. The highest BCUT2D eigenvalue weighted by atomic mass is 32.2. The second-order valence-corrected chi connectivity index (χ2v) is 6.17. The number of hydrogen-bond acceptors (Lipinski definition) is 3. The van der Waals surface area contributed by atoms with Gasteiger partial charge in [0.25, 0.3) is 0 Å². The van der Waals surface area contributed by atoms with Gasteiger partial charge in [-0.05, 0) is 37.5 Å². The molecule has 1 rings (SSSR count). The number of quaternary nitrogens is 1. The lowest BCUT2D eigenvalue weighted by Gasteiger charge is -2.30. The average Bonchev–Trinajstić information content (AvgIpc) is 2.15. The monoisotopic (exact) mass is 257 g/mol. The van der Waals surface area contributed by atoms with Gasteiger partial charge >= 0.3 is 0 Å². The Bertz CT molecular complexity index is 519. The van der Waals surface area contributed by atoms with Crippen LogP contribution in [0.1, 0.15) is 30.5 Å². The van der Waals surface area contributed by atoms with Gasteiger partial charge in [0.1, 0.15) is 10.1 Å². The maximum atomic E-state index is 11.2. The van der Waals surface area contributed by atoms with Gasteiger partial charge < -0.3 is 10.7 Å². The molecule has 0 unspecified atom stereocenters. The highest BCUT2D eigenvalue weighted by Crippen LogP contribution is 2.31. The van der Waals surface area contributed by atoms with Crippen LogP contribution in [-0.2, 0) is 14.9 Å². The van der Waals surface area contributed by atoms with E-state index in [0.29, 0.717) is 5.56 Å². The summed E-state index contributed by atoms with van der Waals surface area (Å²) in [6, 6.07) is 5.24. The van der Waals surface area contributed by atoms with Crippen LogP contribution >= 0.6 is 0 Å². The zero-order valence-corrected chi connectivity index (χ0v) is 11.5. The Morgan fingerprint density at radius 1 is 1.35 bits per heavy atom. The van der Waals surface area contributed by atoms with Crippen molar-refractivity contribution in [1.82, 2.24) is 6.15 Å². The summed E-state index contributed by atoms with van der Waals surface area (Å²) in [5.74, 6) is 0. The summed E-state index contributed by atoms with van der Waals surface area (Å²) in [6.45, 7) is 8.26. The van der Waals surface area contributed by atoms with Crippen molar-refractivity contribution in [2.24, 2.45) is 0 Å². The molecule has 0 atom stereocenters. The molecule has 0 spiro atoms. The van der Waals surface area contributed by atoms with Crippen molar-refractivity contribution < 1.29 is 13.0 Å². The first kappa shape index (κ1) is 15.8. The van der Waals surface area contributed by atoms with E-state index in [1.165, 1.54) is 13.8 Å². The molecule has 96 valence electrons. The Morgan fingerprint density at radius 3 is 2.24 bits per heavy atom. The van der Waals surface area contributed by atoms with E-state index in [0.717, 1.165) is 11.1 Å². The van der Waals surface area contributed by atoms with Crippen molar-refractivity contribution in [2.75, 3.05) is 0 Å². The van der Waals surface area contributed by atoms with E-state index in [-0.39, 0.29) is 6.15 Å². The molecule has 0 saturated carbocycles. The predicted octanol–water partition coefficient (Wildman–Crippen LogP) is 2.79. The zero-order valence-electron chi connectivity index (χ0n) is 10.6. The van der Waals surface area contributed by atoms with E-state index in [1.54, 1.807) is 25.1 Å². The number of rotatable bonds is 3. The summed E-state index contributed by atoms with van der Waals surface area (Å²) in [5, 5.41) is 0. The van der Waals surface area contributed by atoms with Crippen LogP contribution in [-0.4, -0.2) is 13.0 Å². The van der Waals surface area contributed by atoms with Crippen LogP contribution in [0.25, 0.3) is 6.08 Å². The summed E-state index contributed by atoms with van der Waals surface area (Å²) in [7, 11) is -4.37. The van der Waals surface area contributed by atoms with Crippen LogP contribution in [0.4, 0.5) is 0 Å². The fourth-order valence-electron chi connectivity index (χ4n) is 1.62. The largest absolute Gasteiger partial charge is 0.747 e. The normalized spacial score (nSPS) is 11.8. The third-order valence-corrected chi connectivity index (χ3v) is 4.23. The summed E-state index contributed by atoms with van der Waals surface area (Å²) in [4.78, 5) is 0. The van der Waals surface area contributed by atoms with Gasteiger partial charge in [-0.1, -0.05) is 30.9 Å². The van der Waals surface area contributed by atoms with E-state index in [2.05, 4.69) is 6.58 Å². The summed E-state index contributed by atoms with van der Waals surface area (Å²) in [5.41, 5.74) is 2.22. The highest BCUT2D eigenvalue weighted by Gasteiger charge is 2.29. The minimum absolute atomic E-state index is 0. The van der Waals surface area contributed by atoms with Gasteiger partial charge in [0.2, 0.25) is 0 Å². The number of hydrogen-bond donors (Lipinski definition) is 1. The number of benzene rings is 1. The molecule has 5 heteroatoms. The zero-order chi connectivity index (χ0) is 12.6. The Balaban J connectivity index is 0.00000256. The first-order chi connectivity index (χ1) is 7.20. The van der Waals surface area contributed by atoms with Crippen molar-refractivity contribution in [2.45, 2.75) is 25.5 Å². The first-order valence-corrected chi connectivity index (χ1v) is 6.30. The van der Waals surface area contributed by atoms with E-state index in [1.807, 2.05) is 6.07 Å². The quantitative estimate of drug-likeness (QED) is 0.843. The van der Waals surface area contributed by atoms with Crippen LogP contribution in [0.2, 0.25) is 0 Å². The SMILES string of the molecule is C=Cc1ccc(C(C)(C)S(=O)(=O)[O-])c(C)c1.[NH4+]. The lowest BCUT2D eigenvalue weighted by molar-refractivity contribution is 0.427. The van der Waals surface area contributed by atoms with Gasteiger partial charge in [-0.3, -0.25) is 0 Å². The molecule has 4 N–H and O–H groups in total. The summed E-state index contributed by atoms with van der Waals surface area (Å²) in [6.07, 6.45) is 1.68. The van der Waals surface area contributed by atoms with Gasteiger partial charge in [-0.2, -0.15) is 0 Å². The Kier molecular flexibility index (Phi) is 4.65. The summed E-state index contributed by atoms with van der Waals surface area (Å²) < 4.78 is 32.1. The van der Waals surface area contributed by atoms with Crippen LogP contribution in [0.5, 0.6) is 0 Å². The maximum absolute atomic E-state index is 11.2. The average molecular weight is 257 g/mol. The molecule has 0 aromatic heterocycles. The molecule has 4 nitrogen and oxygen atoms in total. The van der Waals surface area contributed by atoms with E-state index >= 15 is 0 Å². The fourth-order valence-corrected chi connectivity index (χ4v) is 2.12. The predicted molar refractivity (Wildman–Crippen MR) is 70.0 cm³/mol. The molecular weight excluding hydrogens is 238 g/mol. The van der Waals surface area contributed by atoms with E-state index in [4.69, 9.17) is 0 Å². The molecule has 0 aliphatic carbocycles. The minimum Gasteiger partial charge on any atom is -0.747 e. The van der Waals surface area contributed by atoms with Crippen LogP contribution < -0.4 is 6.15 Å². The Morgan fingerprint density at radius 2 is 1.88 bits per heavy atom. The molecule has 0 bridgehead atoms. The molecule has 0 fully saturated rings. The lowest BCUT2D eigenvalue weighted by atomic mass is 9.95.